The van der Waals surface area contributed by atoms with E-state index in [0.717, 1.165) is 0 Å². The highest BCUT2D eigenvalue weighted by atomic mass is 16.5. The van der Waals surface area contributed by atoms with Gasteiger partial charge in [-0.2, -0.15) is 0 Å². The molecule has 9 nitrogen and oxygen atoms in total. The third kappa shape index (κ3) is 4.37. The van der Waals surface area contributed by atoms with Crippen molar-refractivity contribution in [1.29, 1.82) is 0 Å². The molecule has 32 heavy (non-hydrogen) atoms. The van der Waals surface area contributed by atoms with Crippen LogP contribution in [0.15, 0.2) is 30.3 Å². The molecule has 2 aromatic rings. The van der Waals surface area contributed by atoms with Gasteiger partial charge in [0.15, 0.2) is 23.0 Å². The molecule has 1 heterocycles. The van der Waals surface area contributed by atoms with Gasteiger partial charge in [-0.1, -0.05) is 6.07 Å². The van der Waals surface area contributed by atoms with Gasteiger partial charge in [0, 0.05) is 31.7 Å². The predicted molar refractivity (Wildman–Crippen MR) is 117 cm³/mol. The number of hydrogen-bond donors (Lipinski definition) is 0. The standard InChI is InChI=1S/C23H28N2O7/c1-28-17-8-6-7-16(20(17)31-4)23(27)25-11-9-24(10-12-25)22(26)15-13-18(29-2)21(32-5)19(14-15)30-3/h6-8,13-14H,9-12H2,1-5H3. The fourth-order valence-corrected chi connectivity index (χ4v) is 3.73. The van der Waals surface area contributed by atoms with E-state index in [-0.39, 0.29) is 11.8 Å². The largest absolute Gasteiger partial charge is 0.493 e. The summed E-state index contributed by atoms with van der Waals surface area (Å²) in [7, 11) is 7.54. The molecule has 0 atom stereocenters. The van der Waals surface area contributed by atoms with Crippen molar-refractivity contribution >= 4 is 11.8 Å². The molecule has 1 saturated heterocycles. The molecule has 2 aromatic carbocycles. The van der Waals surface area contributed by atoms with E-state index in [4.69, 9.17) is 23.7 Å². The summed E-state index contributed by atoms with van der Waals surface area (Å²) >= 11 is 0. The molecule has 0 bridgehead atoms. The lowest BCUT2D eigenvalue weighted by atomic mass is 10.1. The number of amides is 2. The minimum Gasteiger partial charge on any atom is -0.493 e. The summed E-state index contributed by atoms with van der Waals surface area (Å²) in [6.45, 7) is 1.59. The quantitative estimate of drug-likeness (QED) is 0.648. The van der Waals surface area contributed by atoms with Crippen LogP contribution in [0.4, 0.5) is 0 Å². The lowest BCUT2D eigenvalue weighted by molar-refractivity contribution is 0.0533. The Morgan fingerprint density at radius 2 is 1.16 bits per heavy atom. The molecular weight excluding hydrogens is 416 g/mol. The van der Waals surface area contributed by atoms with Crippen LogP contribution in [0, 0.1) is 0 Å². The molecule has 1 fully saturated rings. The smallest absolute Gasteiger partial charge is 0.257 e. The zero-order valence-corrected chi connectivity index (χ0v) is 19.0. The van der Waals surface area contributed by atoms with Crippen LogP contribution in [0.3, 0.4) is 0 Å². The summed E-state index contributed by atoms with van der Waals surface area (Å²) in [4.78, 5) is 29.6. The molecule has 0 aromatic heterocycles. The Balaban J connectivity index is 1.74. The third-order valence-corrected chi connectivity index (χ3v) is 5.40. The lowest BCUT2D eigenvalue weighted by Crippen LogP contribution is -2.50. The zero-order valence-electron chi connectivity index (χ0n) is 19.0. The van der Waals surface area contributed by atoms with Gasteiger partial charge < -0.3 is 33.5 Å². The Labute approximate surface area is 187 Å². The van der Waals surface area contributed by atoms with Gasteiger partial charge in [-0.05, 0) is 24.3 Å². The van der Waals surface area contributed by atoms with Crippen LogP contribution < -0.4 is 23.7 Å². The van der Waals surface area contributed by atoms with Crippen LogP contribution in [0.25, 0.3) is 0 Å². The molecule has 0 N–H and O–H groups in total. The Hall–Kier alpha value is -3.62. The van der Waals surface area contributed by atoms with E-state index >= 15 is 0 Å². The molecule has 172 valence electrons. The van der Waals surface area contributed by atoms with Crippen LogP contribution in [-0.2, 0) is 0 Å². The topological polar surface area (TPSA) is 86.8 Å². The predicted octanol–water partition coefficient (Wildman–Crippen LogP) is 2.33. The van der Waals surface area contributed by atoms with Crippen molar-refractivity contribution in [1.82, 2.24) is 9.80 Å². The first-order valence-electron chi connectivity index (χ1n) is 10.1. The van der Waals surface area contributed by atoms with Crippen LogP contribution in [0.2, 0.25) is 0 Å². The molecule has 0 unspecified atom stereocenters. The monoisotopic (exact) mass is 444 g/mol. The molecule has 3 rings (SSSR count). The van der Waals surface area contributed by atoms with Gasteiger partial charge in [0.1, 0.15) is 0 Å². The van der Waals surface area contributed by atoms with Gasteiger partial charge in [-0.15, -0.1) is 0 Å². The van der Waals surface area contributed by atoms with Crippen molar-refractivity contribution in [2.45, 2.75) is 0 Å². The Kier molecular flexibility index (Phi) is 7.29. The van der Waals surface area contributed by atoms with E-state index in [2.05, 4.69) is 0 Å². The number of nitrogens with zero attached hydrogens (tertiary/aromatic N) is 2. The number of methoxy groups -OCH3 is 5. The molecule has 9 heteroatoms. The summed E-state index contributed by atoms with van der Waals surface area (Å²) in [5, 5.41) is 0. The normalized spacial score (nSPS) is 13.4. The first kappa shape index (κ1) is 23.1. The van der Waals surface area contributed by atoms with Crippen LogP contribution in [-0.4, -0.2) is 83.3 Å². The minimum absolute atomic E-state index is 0.166. The number of hydrogen-bond acceptors (Lipinski definition) is 7. The first-order chi connectivity index (χ1) is 15.5. The van der Waals surface area contributed by atoms with Crippen molar-refractivity contribution in [2.75, 3.05) is 61.7 Å². The van der Waals surface area contributed by atoms with E-state index in [1.54, 1.807) is 40.1 Å². The maximum Gasteiger partial charge on any atom is 0.257 e. The van der Waals surface area contributed by atoms with Gasteiger partial charge in [0.25, 0.3) is 11.8 Å². The molecule has 1 aliphatic heterocycles. The van der Waals surface area contributed by atoms with E-state index in [0.29, 0.717) is 66.1 Å². The van der Waals surface area contributed by atoms with Gasteiger partial charge in [0.05, 0.1) is 41.1 Å². The van der Waals surface area contributed by atoms with E-state index < -0.39 is 0 Å². The van der Waals surface area contributed by atoms with Gasteiger partial charge in [-0.25, -0.2) is 0 Å². The molecule has 0 saturated carbocycles. The second kappa shape index (κ2) is 10.1. The highest BCUT2D eigenvalue weighted by molar-refractivity contribution is 5.98. The first-order valence-corrected chi connectivity index (χ1v) is 10.1. The van der Waals surface area contributed by atoms with Crippen molar-refractivity contribution in [3.8, 4) is 28.7 Å². The second-order valence-electron chi connectivity index (χ2n) is 7.04. The molecule has 0 spiro atoms. The summed E-state index contributed by atoms with van der Waals surface area (Å²) in [5.41, 5.74) is 0.852. The van der Waals surface area contributed by atoms with E-state index in [1.165, 1.54) is 35.5 Å². The maximum absolute atomic E-state index is 13.1. The highest BCUT2D eigenvalue weighted by Crippen LogP contribution is 2.38. The second-order valence-corrected chi connectivity index (χ2v) is 7.04. The third-order valence-electron chi connectivity index (χ3n) is 5.40. The Morgan fingerprint density at radius 3 is 1.62 bits per heavy atom. The molecule has 0 aliphatic carbocycles. The number of ether oxygens (including phenoxy) is 5. The number of carbonyl (C=O) groups is 2. The zero-order chi connectivity index (χ0) is 23.3. The van der Waals surface area contributed by atoms with Gasteiger partial charge in [-0.3, -0.25) is 9.59 Å². The molecular formula is C23H28N2O7. The molecule has 1 aliphatic rings. The van der Waals surface area contributed by atoms with Crippen LogP contribution in [0.1, 0.15) is 20.7 Å². The lowest BCUT2D eigenvalue weighted by Gasteiger charge is -2.35. The maximum atomic E-state index is 13.1. The van der Waals surface area contributed by atoms with E-state index in [9.17, 15) is 9.59 Å². The van der Waals surface area contributed by atoms with Gasteiger partial charge >= 0.3 is 0 Å². The average molecular weight is 444 g/mol. The SMILES string of the molecule is COc1cc(C(=O)N2CCN(C(=O)c3cccc(OC)c3OC)CC2)cc(OC)c1OC. The number of piperazine rings is 1. The molecule has 2 amide bonds. The van der Waals surface area contributed by atoms with Crippen molar-refractivity contribution in [3.05, 3.63) is 41.5 Å². The fraction of sp³-hybridized carbons (Fsp3) is 0.391. The Bertz CT molecular complexity index is 959. The fourth-order valence-electron chi connectivity index (χ4n) is 3.73. The summed E-state index contributed by atoms with van der Waals surface area (Å²) in [5.74, 6) is 1.80. The van der Waals surface area contributed by atoms with Crippen molar-refractivity contribution in [3.63, 3.8) is 0 Å². The number of benzene rings is 2. The van der Waals surface area contributed by atoms with Crippen molar-refractivity contribution < 1.29 is 33.3 Å². The number of rotatable bonds is 7. The molecule has 0 radical (unpaired) electrons. The van der Waals surface area contributed by atoms with Gasteiger partial charge in [0.2, 0.25) is 5.75 Å². The average Bonchev–Trinajstić information content (AvgIpc) is 2.86. The number of carbonyl (C=O) groups excluding carboxylic acids is 2. The number of para-hydroxylation sites is 1. The summed E-state index contributed by atoms with van der Waals surface area (Å²) in [6, 6.07) is 8.45. The van der Waals surface area contributed by atoms with E-state index in [1.807, 2.05) is 0 Å². The Morgan fingerprint density at radius 1 is 0.656 bits per heavy atom. The minimum atomic E-state index is -0.171. The van der Waals surface area contributed by atoms with Crippen LogP contribution >= 0.6 is 0 Å². The van der Waals surface area contributed by atoms with Crippen molar-refractivity contribution in [2.24, 2.45) is 0 Å². The van der Waals surface area contributed by atoms with Crippen LogP contribution in [0.5, 0.6) is 28.7 Å². The highest BCUT2D eigenvalue weighted by Gasteiger charge is 2.29. The summed E-state index contributed by atoms with van der Waals surface area (Å²) in [6.07, 6.45) is 0. The summed E-state index contributed by atoms with van der Waals surface area (Å²) < 4.78 is 26.7.